The van der Waals surface area contributed by atoms with Crippen molar-refractivity contribution in [3.8, 4) is 5.75 Å². The van der Waals surface area contributed by atoms with Gasteiger partial charge in [0.1, 0.15) is 27.4 Å². The van der Waals surface area contributed by atoms with E-state index in [4.69, 9.17) is 4.74 Å². The van der Waals surface area contributed by atoms with Crippen molar-refractivity contribution >= 4 is 16.1 Å². The summed E-state index contributed by atoms with van der Waals surface area (Å²) in [7, 11) is -3.04. The second kappa shape index (κ2) is 5.91. The molecular weight excluding hydrogens is 278 g/mol. The van der Waals surface area contributed by atoms with Gasteiger partial charge in [-0.1, -0.05) is 0 Å². The van der Waals surface area contributed by atoms with Crippen molar-refractivity contribution < 1.29 is 17.9 Å². The van der Waals surface area contributed by atoms with Crippen LogP contribution in [0.4, 0.5) is 0 Å². The Kier molecular flexibility index (Phi) is 4.42. The second-order valence-corrected chi connectivity index (χ2v) is 7.64. The zero-order valence-corrected chi connectivity index (χ0v) is 12.5. The molecule has 1 aromatic heterocycles. The van der Waals surface area contributed by atoms with Crippen LogP contribution in [0.1, 0.15) is 41.9 Å². The van der Waals surface area contributed by atoms with Gasteiger partial charge in [0.25, 0.3) is 0 Å². The minimum Gasteiger partial charge on any atom is -0.488 e. The molecule has 2 atom stereocenters. The molecule has 0 radical (unpaired) electrons. The van der Waals surface area contributed by atoms with Crippen LogP contribution in [0.15, 0.2) is 12.1 Å². The largest absolute Gasteiger partial charge is 0.488 e. The number of hydrogen-bond acceptors (Lipinski definition) is 5. The van der Waals surface area contributed by atoms with Crippen LogP contribution in [-0.4, -0.2) is 37.3 Å². The normalized spacial score (nSPS) is 23.3. The highest BCUT2D eigenvalue weighted by atomic mass is 32.2. The molecule has 2 unspecified atom stereocenters. The quantitative estimate of drug-likeness (QED) is 0.794. The Labute approximate surface area is 119 Å². The first-order valence-corrected chi connectivity index (χ1v) is 8.64. The van der Waals surface area contributed by atoms with E-state index in [1.165, 1.54) is 6.26 Å². The lowest BCUT2D eigenvalue weighted by Gasteiger charge is -2.28. The molecule has 5 nitrogen and oxygen atoms in total. The molecule has 20 heavy (non-hydrogen) atoms. The molecule has 0 aromatic carbocycles. The Balaban J connectivity index is 2.12. The molecule has 110 valence electrons. The summed E-state index contributed by atoms with van der Waals surface area (Å²) in [5, 5.41) is -0.348. The van der Waals surface area contributed by atoms with Gasteiger partial charge in [0.15, 0.2) is 6.29 Å². The summed E-state index contributed by atoms with van der Waals surface area (Å²) < 4.78 is 29.1. The van der Waals surface area contributed by atoms with Crippen molar-refractivity contribution in [2.45, 2.75) is 44.0 Å². The number of pyridine rings is 1. The van der Waals surface area contributed by atoms with Gasteiger partial charge >= 0.3 is 0 Å². The lowest BCUT2D eigenvalue weighted by atomic mass is 9.97. The molecule has 1 aliphatic rings. The van der Waals surface area contributed by atoms with Crippen molar-refractivity contribution in [2.75, 3.05) is 6.26 Å². The van der Waals surface area contributed by atoms with Crippen LogP contribution >= 0.6 is 0 Å². The standard InChI is InChI=1S/C14H19NO4S/c1-10-6-7-14(13(9-16)15-10)19-11-4-3-5-12(8-11)20(2,17)18/h6-7,9,11-12H,3-5,8H2,1-2H3. The summed E-state index contributed by atoms with van der Waals surface area (Å²) >= 11 is 0. The summed E-state index contributed by atoms with van der Waals surface area (Å²) in [6.45, 7) is 1.80. The number of rotatable bonds is 4. The number of sulfone groups is 1. The van der Waals surface area contributed by atoms with Gasteiger partial charge in [-0.3, -0.25) is 4.79 Å². The first kappa shape index (κ1) is 15.0. The zero-order valence-electron chi connectivity index (χ0n) is 11.7. The molecule has 0 bridgehead atoms. The third-order valence-corrected chi connectivity index (χ3v) is 5.25. The summed E-state index contributed by atoms with van der Waals surface area (Å²) in [5.74, 6) is 0.435. The molecule has 0 aliphatic heterocycles. The number of carbonyl (C=O) groups excluding carboxylic acids is 1. The molecule has 1 aliphatic carbocycles. The molecule has 1 saturated carbocycles. The van der Waals surface area contributed by atoms with Crippen molar-refractivity contribution in [2.24, 2.45) is 0 Å². The molecule has 1 heterocycles. The molecule has 6 heteroatoms. The summed E-state index contributed by atoms with van der Waals surface area (Å²) in [6, 6.07) is 3.50. The number of hydrogen-bond donors (Lipinski definition) is 0. The van der Waals surface area contributed by atoms with E-state index in [0.29, 0.717) is 24.9 Å². The minimum atomic E-state index is -3.04. The molecule has 1 fully saturated rings. The molecule has 0 saturated heterocycles. The van der Waals surface area contributed by atoms with Crippen LogP contribution < -0.4 is 4.74 Å². The van der Waals surface area contributed by atoms with E-state index in [2.05, 4.69) is 4.98 Å². The van der Waals surface area contributed by atoms with E-state index >= 15 is 0 Å². The van der Waals surface area contributed by atoms with Crippen LogP contribution in [-0.2, 0) is 9.84 Å². The first-order valence-electron chi connectivity index (χ1n) is 6.68. The summed E-state index contributed by atoms with van der Waals surface area (Å²) in [4.78, 5) is 15.1. The highest BCUT2D eigenvalue weighted by molar-refractivity contribution is 7.91. The topological polar surface area (TPSA) is 73.3 Å². The highest BCUT2D eigenvalue weighted by Crippen LogP contribution is 2.28. The Morgan fingerprint density at radius 1 is 1.35 bits per heavy atom. The fraction of sp³-hybridized carbons (Fsp3) is 0.571. The minimum absolute atomic E-state index is 0.174. The van der Waals surface area contributed by atoms with Gasteiger partial charge < -0.3 is 4.74 Å². The molecule has 0 spiro atoms. The maximum absolute atomic E-state index is 11.6. The van der Waals surface area contributed by atoms with E-state index in [1.807, 2.05) is 0 Å². The fourth-order valence-electron chi connectivity index (χ4n) is 2.53. The number of nitrogens with zero attached hydrogens (tertiary/aromatic N) is 1. The lowest BCUT2D eigenvalue weighted by Crippen LogP contribution is -2.33. The Morgan fingerprint density at radius 2 is 2.10 bits per heavy atom. The predicted octanol–water partition coefficient (Wildman–Crippen LogP) is 1.94. The average molecular weight is 297 g/mol. The van der Waals surface area contributed by atoms with Crippen LogP contribution in [0, 0.1) is 6.92 Å². The Hall–Kier alpha value is -1.43. The Morgan fingerprint density at radius 3 is 2.75 bits per heavy atom. The Bertz CT molecular complexity index is 597. The van der Waals surface area contributed by atoms with E-state index in [0.717, 1.165) is 18.5 Å². The van der Waals surface area contributed by atoms with E-state index < -0.39 is 9.84 Å². The number of aldehydes is 1. The number of carbonyl (C=O) groups is 1. The third-order valence-electron chi connectivity index (χ3n) is 3.61. The van der Waals surface area contributed by atoms with Crippen molar-refractivity contribution in [3.63, 3.8) is 0 Å². The first-order chi connectivity index (χ1) is 9.40. The molecule has 1 aromatic rings. The molecule has 0 amide bonds. The predicted molar refractivity (Wildman–Crippen MR) is 75.9 cm³/mol. The lowest BCUT2D eigenvalue weighted by molar-refractivity contribution is 0.110. The fourth-order valence-corrected chi connectivity index (χ4v) is 3.68. The van der Waals surface area contributed by atoms with Gasteiger partial charge in [0, 0.05) is 18.4 Å². The van der Waals surface area contributed by atoms with Gasteiger partial charge in [0.05, 0.1) is 5.25 Å². The maximum Gasteiger partial charge on any atom is 0.172 e. The zero-order chi connectivity index (χ0) is 14.8. The highest BCUT2D eigenvalue weighted by Gasteiger charge is 2.30. The molecule has 0 N–H and O–H groups in total. The van der Waals surface area contributed by atoms with Gasteiger partial charge in [-0.2, -0.15) is 0 Å². The van der Waals surface area contributed by atoms with Crippen molar-refractivity contribution in [3.05, 3.63) is 23.5 Å². The molecular formula is C14H19NO4S. The van der Waals surface area contributed by atoms with Gasteiger partial charge in [0.2, 0.25) is 0 Å². The van der Waals surface area contributed by atoms with Crippen molar-refractivity contribution in [1.82, 2.24) is 4.98 Å². The third kappa shape index (κ3) is 3.56. The van der Waals surface area contributed by atoms with Crippen molar-refractivity contribution in [1.29, 1.82) is 0 Å². The number of aromatic nitrogens is 1. The number of aryl methyl sites for hydroxylation is 1. The SMILES string of the molecule is Cc1ccc(OC2CCCC(S(C)(=O)=O)C2)c(C=O)n1. The van der Waals surface area contributed by atoms with Gasteiger partial charge in [-0.05, 0) is 38.3 Å². The van der Waals surface area contributed by atoms with Gasteiger partial charge in [-0.15, -0.1) is 0 Å². The average Bonchev–Trinajstić information content (AvgIpc) is 2.40. The van der Waals surface area contributed by atoms with Crippen LogP contribution in [0.2, 0.25) is 0 Å². The van der Waals surface area contributed by atoms with Gasteiger partial charge in [-0.25, -0.2) is 13.4 Å². The van der Waals surface area contributed by atoms with E-state index in [1.54, 1.807) is 19.1 Å². The monoisotopic (exact) mass is 297 g/mol. The van der Waals surface area contributed by atoms with E-state index in [9.17, 15) is 13.2 Å². The smallest absolute Gasteiger partial charge is 0.172 e. The van der Waals surface area contributed by atoms with E-state index in [-0.39, 0.29) is 17.0 Å². The summed E-state index contributed by atoms with van der Waals surface area (Å²) in [6.07, 6.45) is 4.54. The van der Waals surface area contributed by atoms with Crippen LogP contribution in [0.5, 0.6) is 5.75 Å². The number of ether oxygens (including phenoxy) is 1. The summed E-state index contributed by atoms with van der Waals surface area (Å²) in [5.41, 5.74) is 1.02. The van der Waals surface area contributed by atoms with Crippen LogP contribution in [0.25, 0.3) is 0 Å². The van der Waals surface area contributed by atoms with Crippen LogP contribution in [0.3, 0.4) is 0 Å². The molecule has 2 rings (SSSR count). The maximum atomic E-state index is 11.6. The second-order valence-electron chi connectivity index (χ2n) is 5.31.